The molecule has 0 spiro atoms. The number of nitrogens with zero attached hydrogens (tertiary/aromatic N) is 6. The van der Waals surface area contributed by atoms with E-state index in [1.54, 1.807) is 73.7 Å². The van der Waals surface area contributed by atoms with Crippen LogP contribution >= 0.6 is 34.8 Å². The van der Waals surface area contributed by atoms with Crippen LogP contribution in [-0.4, -0.2) is 87.3 Å². The summed E-state index contributed by atoms with van der Waals surface area (Å²) in [6.45, 7) is 19.3. The zero-order chi connectivity index (χ0) is 43.6. The van der Waals surface area contributed by atoms with Crippen LogP contribution in [0.3, 0.4) is 0 Å². The first kappa shape index (κ1) is 44.0. The van der Waals surface area contributed by atoms with E-state index < -0.39 is 16.6 Å². The fourth-order valence-electron chi connectivity index (χ4n) is 9.52. The van der Waals surface area contributed by atoms with Gasteiger partial charge < -0.3 is 15.3 Å². The summed E-state index contributed by atoms with van der Waals surface area (Å²) in [5.74, 6) is 0.151. The Hall–Kier alpha value is -4.05. The molecule has 0 aromatic heterocycles. The number of hydrogen-bond donors (Lipinski definition) is 3. The average Bonchev–Trinajstić information content (AvgIpc) is 3.65. The molecule has 0 saturated heterocycles. The quantitative estimate of drug-likeness (QED) is 0.208. The van der Waals surface area contributed by atoms with Gasteiger partial charge in [0.1, 0.15) is 17.2 Å². The second kappa shape index (κ2) is 15.7. The van der Waals surface area contributed by atoms with Crippen molar-refractivity contribution in [1.29, 1.82) is 0 Å². The molecule has 9 nitrogen and oxygen atoms in total. The van der Waals surface area contributed by atoms with Crippen LogP contribution < -0.4 is 0 Å². The van der Waals surface area contributed by atoms with Gasteiger partial charge in [-0.25, -0.2) is 0 Å². The number of phenolic OH excluding ortho intramolecular Hbond substituents is 3. The Labute approximate surface area is 369 Å². The highest BCUT2D eigenvalue weighted by atomic mass is 35.5. The summed E-state index contributed by atoms with van der Waals surface area (Å²) in [4.78, 5) is 30.4. The Morgan fingerprint density at radius 1 is 0.400 bits per heavy atom. The molecular formula is C48H57Cl3N6O3. The molecule has 7 rings (SSSR count). The maximum Gasteiger partial charge on any atom is 0.133 e. The second-order valence-electron chi connectivity index (χ2n) is 19.6. The first-order valence-corrected chi connectivity index (χ1v) is 22.0. The molecule has 3 aliphatic carbocycles. The largest absolute Gasteiger partial charge is 0.507 e. The average molecular weight is 872 g/mol. The standard InChI is InChI=1S/C48H57Cl3N6O3/c1-43(2)37-10-13-46(43,7)55-25-31-19-35(50)17-29(41(31)59)23-53-38-11-15-48(9,44(38,3)4)57-27-33-21-36(51)18-30(42(33)60)24-54-39-12-14-47(8,45(39,5)6)56-26-32-20-34(49)16-28(22-52-37)40(32)58/h16-27,37-39,58-60H,10-15H2,1-9H3/t37-,38-,39-,46+,47+,48+/m1/s1. The van der Waals surface area contributed by atoms with Crippen LogP contribution in [0.25, 0.3) is 0 Å². The Balaban J connectivity index is 1.31. The number of benzene rings is 3. The van der Waals surface area contributed by atoms with Crippen LogP contribution in [0, 0.1) is 16.2 Å². The third-order valence-corrected chi connectivity index (χ3v) is 16.1. The van der Waals surface area contributed by atoms with Gasteiger partial charge in [-0.15, -0.1) is 0 Å². The summed E-state index contributed by atoms with van der Waals surface area (Å²) in [5, 5.41) is 35.9. The van der Waals surface area contributed by atoms with Crippen molar-refractivity contribution >= 4 is 72.1 Å². The van der Waals surface area contributed by atoms with Crippen LogP contribution in [0.15, 0.2) is 66.4 Å². The van der Waals surface area contributed by atoms with Crippen molar-refractivity contribution in [1.82, 2.24) is 0 Å². The summed E-state index contributed by atoms with van der Waals surface area (Å²) < 4.78 is 0. The van der Waals surface area contributed by atoms with Gasteiger partial charge in [-0.05, 0) is 95.7 Å². The molecular weight excluding hydrogens is 815 g/mol. The van der Waals surface area contributed by atoms with Gasteiger partial charge in [0.2, 0.25) is 0 Å². The van der Waals surface area contributed by atoms with Crippen molar-refractivity contribution in [2.45, 2.75) is 136 Å². The summed E-state index contributed by atoms with van der Waals surface area (Å²) >= 11 is 19.9. The summed E-state index contributed by atoms with van der Waals surface area (Å²) in [7, 11) is 0. The van der Waals surface area contributed by atoms with Gasteiger partial charge in [0, 0.05) is 102 Å². The number of hydrogen-bond acceptors (Lipinski definition) is 9. The van der Waals surface area contributed by atoms with E-state index in [1.807, 2.05) is 0 Å². The minimum atomic E-state index is -0.513. The molecule has 3 aromatic carbocycles. The summed E-state index contributed by atoms with van der Waals surface area (Å²) in [5.41, 5.74) is 0.338. The van der Waals surface area contributed by atoms with E-state index in [0.717, 1.165) is 38.5 Å². The van der Waals surface area contributed by atoms with Gasteiger partial charge in [-0.2, -0.15) is 0 Å². The SMILES string of the molecule is CC1(C)[C@H]2CC[C@]1(C)N=Cc1cc(Cl)cc(c1O)C=N[C@@H]1CC[C@](C)(N=Cc3cc(Cl)cc(c3O)C=N[C@@H]3CC[C@](C)(N=Cc4cc(Cl)cc(c4O)C=N2)C3(C)C)C1(C)C. The fraction of sp³-hybridized carbons (Fsp3) is 0.500. The lowest BCUT2D eigenvalue weighted by atomic mass is 9.74. The third-order valence-electron chi connectivity index (χ3n) is 15.4. The number of phenols is 3. The van der Waals surface area contributed by atoms with Crippen LogP contribution in [0.5, 0.6) is 17.2 Å². The van der Waals surface area contributed by atoms with Crippen molar-refractivity contribution in [3.05, 3.63) is 84.8 Å². The van der Waals surface area contributed by atoms with Crippen molar-refractivity contribution in [3.63, 3.8) is 0 Å². The van der Waals surface area contributed by atoms with Gasteiger partial charge in [-0.1, -0.05) is 76.3 Å². The normalized spacial score (nSPS) is 30.5. The zero-order valence-corrected chi connectivity index (χ0v) is 38.3. The molecule has 3 saturated carbocycles. The number of rotatable bonds is 0. The molecule has 318 valence electrons. The minimum Gasteiger partial charge on any atom is -0.507 e. The molecule has 3 aromatic rings. The molecule has 0 unspecified atom stereocenters. The Bertz CT molecular complexity index is 2120. The Morgan fingerprint density at radius 2 is 0.617 bits per heavy atom. The third kappa shape index (κ3) is 7.72. The smallest absolute Gasteiger partial charge is 0.133 e. The molecule has 1 heterocycles. The van der Waals surface area contributed by atoms with E-state index in [4.69, 9.17) is 64.8 Å². The molecule has 0 radical (unpaired) electrons. The molecule has 3 N–H and O–H groups in total. The van der Waals surface area contributed by atoms with E-state index in [9.17, 15) is 15.3 Å². The predicted octanol–water partition coefficient (Wildman–Crippen LogP) is 11.5. The second-order valence-corrected chi connectivity index (χ2v) is 20.9. The number of aliphatic imine (C=N–C) groups is 6. The summed E-state index contributed by atoms with van der Waals surface area (Å²) in [6, 6.07) is 9.96. The predicted molar refractivity (Wildman–Crippen MR) is 251 cm³/mol. The van der Waals surface area contributed by atoms with E-state index in [0.29, 0.717) is 48.4 Å². The van der Waals surface area contributed by atoms with Gasteiger partial charge >= 0.3 is 0 Å². The van der Waals surface area contributed by atoms with Crippen molar-refractivity contribution < 1.29 is 15.3 Å². The monoisotopic (exact) mass is 870 g/mol. The van der Waals surface area contributed by atoms with Gasteiger partial charge in [0.15, 0.2) is 0 Å². The maximum atomic E-state index is 11.5. The molecule has 12 heteroatoms. The first-order valence-electron chi connectivity index (χ1n) is 20.8. The highest BCUT2D eigenvalue weighted by molar-refractivity contribution is 6.32. The van der Waals surface area contributed by atoms with E-state index >= 15 is 0 Å². The van der Waals surface area contributed by atoms with Gasteiger partial charge in [0.25, 0.3) is 0 Å². The van der Waals surface area contributed by atoms with Crippen LogP contribution in [-0.2, 0) is 0 Å². The molecule has 0 amide bonds. The number of fused-ring (bicyclic) bond motifs is 12. The van der Waals surface area contributed by atoms with Crippen LogP contribution in [0.2, 0.25) is 15.1 Å². The Morgan fingerprint density at radius 3 is 0.850 bits per heavy atom. The van der Waals surface area contributed by atoms with Gasteiger partial charge in [-0.3, -0.25) is 30.0 Å². The number of halogens is 3. The van der Waals surface area contributed by atoms with Crippen molar-refractivity contribution in [2.75, 3.05) is 0 Å². The lowest BCUT2D eigenvalue weighted by molar-refractivity contribution is 0.211. The molecule has 3 fully saturated rings. The van der Waals surface area contributed by atoms with Crippen molar-refractivity contribution in [3.8, 4) is 17.2 Å². The molecule has 4 aliphatic rings. The molecule has 60 heavy (non-hydrogen) atoms. The summed E-state index contributed by atoms with van der Waals surface area (Å²) in [6.07, 6.45) is 14.9. The maximum absolute atomic E-state index is 11.5. The molecule has 1 aliphatic heterocycles. The molecule has 6 atom stereocenters. The highest BCUT2D eigenvalue weighted by Gasteiger charge is 2.53. The van der Waals surface area contributed by atoms with E-state index in [2.05, 4.69) is 62.3 Å². The van der Waals surface area contributed by atoms with E-state index in [-0.39, 0.29) is 51.6 Å². The lowest BCUT2D eigenvalue weighted by Gasteiger charge is -2.37. The fourth-order valence-corrected chi connectivity index (χ4v) is 10.2. The van der Waals surface area contributed by atoms with Crippen LogP contribution in [0.1, 0.15) is 134 Å². The van der Waals surface area contributed by atoms with Crippen molar-refractivity contribution in [2.24, 2.45) is 46.2 Å². The topological polar surface area (TPSA) is 135 Å². The Kier molecular flexibility index (Phi) is 11.5. The lowest BCUT2D eigenvalue weighted by Crippen LogP contribution is -2.40. The van der Waals surface area contributed by atoms with Gasteiger partial charge in [0.05, 0.1) is 34.7 Å². The molecule has 12 bridgehead atoms. The number of aromatic hydroxyl groups is 3. The highest BCUT2D eigenvalue weighted by Crippen LogP contribution is 2.52. The van der Waals surface area contributed by atoms with E-state index in [1.165, 1.54) is 0 Å². The first-order chi connectivity index (χ1) is 28.0. The minimum absolute atomic E-state index is 0.0502. The zero-order valence-electron chi connectivity index (χ0n) is 36.1. The van der Waals surface area contributed by atoms with Crippen LogP contribution in [0.4, 0.5) is 0 Å².